The first-order valence-corrected chi connectivity index (χ1v) is 6.73. The van der Waals surface area contributed by atoms with E-state index in [4.69, 9.17) is 11.0 Å². The number of amides is 1. The largest absolute Gasteiger partial charge is 0.352 e. The van der Waals surface area contributed by atoms with Crippen LogP contribution in [0.15, 0.2) is 24.3 Å². The predicted octanol–water partition coefficient (Wildman–Crippen LogP) is 1.69. The van der Waals surface area contributed by atoms with Crippen LogP contribution in [0.2, 0.25) is 0 Å². The lowest BCUT2D eigenvalue weighted by molar-refractivity contribution is -0.126. The van der Waals surface area contributed by atoms with Gasteiger partial charge in [-0.3, -0.25) is 4.79 Å². The molecule has 1 amide bonds. The normalized spacial score (nSPS) is 22.5. The molecule has 4 nitrogen and oxygen atoms in total. The number of hydrogen-bond acceptors (Lipinski definition) is 3. The van der Waals surface area contributed by atoms with Crippen LogP contribution in [0.4, 0.5) is 0 Å². The molecule has 2 rings (SSSR count). The molecule has 1 aliphatic rings. The van der Waals surface area contributed by atoms with Gasteiger partial charge in [0.15, 0.2) is 0 Å². The van der Waals surface area contributed by atoms with Gasteiger partial charge in [-0.25, -0.2) is 0 Å². The molecule has 1 fully saturated rings. The molecule has 1 aliphatic carbocycles. The molecule has 2 atom stereocenters. The molecule has 0 aromatic heterocycles. The van der Waals surface area contributed by atoms with Gasteiger partial charge in [0.05, 0.1) is 17.6 Å². The van der Waals surface area contributed by atoms with Gasteiger partial charge < -0.3 is 11.1 Å². The average Bonchev–Trinajstić information content (AvgIpc) is 2.46. The predicted molar refractivity (Wildman–Crippen MR) is 72.9 cm³/mol. The molecule has 0 heterocycles. The molecule has 1 aromatic carbocycles. The zero-order chi connectivity index (χ0) is 13.7. The van der Waals surface area contributed by atoms with Gasteiger partial charge in [-0.05, 0) is 30.5 Å². The van der Waals surface area contributed by atoms with Crippen LogP contribution in [0.3, 0.4) is 0 Å². The Morgan fingerprint density at radius 2 is 2.00 bits per heavy atom. The fourth-order valence-corrected chi connectivity index (χ4v) is 2.50. The third-order valence-electron chi connectivity index (χ3n) is 3.71. The topological polar surface area (TPSA) is 78.9 Å². The Hall–Kier alpha value is -1.86. The molecule has 4 heteroatoms. The van der Waals surface area contributed by atoms with Crippen molar-refractivity contribution in [3.63, 3.8) is 0 Å². The number of benzene rings is 1. The van der Waals surface area contributed by atoms with Crippen molar-refractivity contribution in [1.29, 1.82) is 5.26 Å². The molecule has 2 unspecified atom stereocenters. The minimum Gasteiger partial charge on any atom is -0.352 e. The molecule has 0 bridgehead atoms. The van der Waals surface area contributed by atoms with Crippen LogP contribution in [0.1, 0.15) is 36.8 Å². The molecule has 0 spiro atoms. The van der Waals surface area contributed by atoms with Crippen molar-refractivity contribution in [3.8, 4) is 6.07 Å². The zero-order valence-electron chi connectivity index (χ0n) is 10.9. The molecule has 1 saturated carbocycles. The molecular weight excluding hydrogens is 238 g/mol. The van der Waals surface area contributed by atoms with Crippen LogP contribution in [0.5, 0.6) is 0 Å². The van der Waals surface area contributed by atoms with Gasteiger partial charge in [0.25, 0.3) is 0 Å². The first kappa shape index (κ1) is 13.6. The Labute approximate surface area is 113 Å². The Kier molecular flexibility index (Phi) is 4.53. The number of carbonyl (C=O) groups is 1. The molecule has 100 valence electrons. The second-order valence-electron chi connectivity index (χ2n) is 5.08. The minimum atomic E-state index is -0.0490. The lowest BCUT2D eigenvalue weighted by Gasteiger charge is -2.27. The smallest absolute Gasteiger partial charge is 0.224 e. The van der Waals surface area contributed by atoms with Crippen LogP contribution < -0.4 is 11.1 Å². The van der Waals surface area contributed by atoms with Gasteiger partial charge in [-0.15, -0.1) is 0 Å². The van der Waals surface area contributed by atoms with Gasteiger partial charge in [0, 0.05) is 12.6 Å². The standard InChI is InChI=1S/C15H19N3O/c16-9-11-5-7-12(8-6-11)10-18-15(19)13-3-1-2-4-14(13)17/h5-8,13-14H,1-4,10,17H2,(H,18,19). The quantitative estimate of drug-likeness (QED) is 0.864. The molecule has 0 saturated heterocycles. The van der Waals surface area contributed by atoms with Gasteiger partial charge in [-0.1, -0.05) is 25.0 Å². The van der Waals surface area contributed by atoms with Crippen molar-refractivity contribution in [2.45, 2.75) is 38.3 Å². The molecule has 3 N–H and O–H groups in total. The van der Waals surface area contributed by atoms with E-state index < -0.39 is 0 Å². The van der Waals surface area contributed by atoms with Crippen LogP contribution in [0, 0.1) is 17.2 Å². The number of nitriles is 1. The number of nitrogens with one attached hydrogen (secondary N) is 1. The molecule has 0 radical (unpaired) electrons. The summed E-state index contributed by atoms with van der Waals surface area (Å²) in [5, 5.41) is 11.6. The van der Waals surface area contributed by atoms with E-state index >= 15 is 0 Å². The maximum absolute atomic E-state index is 12.1. The Bertz CT molecular complexity index is 475. The molecule has 19 heavy (non-hydrogen) atoms. The Balaban J connectivity index is 1.87. The second kappa shape index (κ2) is 6.35. The summed E-state index contributed by atoms with van der Waals surface area (Å²) >= 11 is 0. The number of nitrogens with two attached hydrogens (primary N) is 1. The summed E-state index contributed by atoms with van der Waals surface area (Å²) in [5.41, 5.74) is 7.62. The van der Waals surface area contributed by atoms with Gasteiger partial charge in [-0.2, -0.15) is 5.26 Å². The Morgan fingerprint density at radius 1 is 1.32 bits per heavy atom. The maximum atomic E-state index is 12.1. The fourth-order valence-electron chi connectivity index (χ4n) is 2.50. The van der Waals surface area contributed by atoms with E-state index in [1.165, 1.54) is 0 Å². The van der Waals surface area contributed by atoms with Crippen molar-refractivity contribution >= 4 is 5.91 Å². The average molecular weight is 257 g/mol. The van der Waals surface area contributed by atoms with E-state index in [0.29, 0.717) is 12.1 Å². The maximum Gasteiger partial charge on any atom is 0.224 e. The van der Waals surface area contributed by atoms with E-state index in [-0.39, 0.29) is 17.9 Å². The first-order valence-electron chi connectivity index (χ1n) is 6.73. The summed E-state index contributed by atoms with van der Waals surface area (Å²) in [5.74, 6) is 0.00342. The zero-order valence-corrected chi connectivity index (χ0v) is 10.9. The highest BCUT2D eigenvalue weighted by atomic mass is 16.1. The van der Waals surface area contributed by atoms with Crippen molar-refractivity contribution < 1.29 is 4.79 Å². The third-order valence-corrected chi connectivity index (χ3v) is 3.71. The highest BCUT2D eigenvalue weighted by molar-refractivity contribution is 5.79. The van der Waals surface area contributed by atoms with Crippen LogP contribution in [-0.2, 0) is 11.3 Å². The lowest BCUT2D eigenvalue weighted by Crippen LogP contribution is -2.43. The highest BCUT2D eigenvalue weighted by Crippen LogP contribution is 2.23. The number of hydrogen-bond donors (Lipinski definition) is 2. The van der Waals surface area contributed by atoms with E-state index in [9.17, 15) is 4.79 Å². The van der Waals surface area contributed by atoms with E-state index in [0.717, 1.165) is 31.2 Å². The first-order chi connectivity index (χ1) is 9.20. The van der Waals surface area contributed by atoms with Crippen LogP contribution >= 0.6 is 0 Å². The molecular formula is C15H19N3O. The SMILES string of the molecule is N#Cc1ccc(CNC(=O)C2CCCCC2N)cc1. The lowest BCUT2D eigenvalue weighted by atomic mass is 9.84. The van der Waals surface area contributed by atoms with E-state index in [1.54, 1.807) is 12.1 Å². The minimum absolute atomic E-state index is 0.00489. The van der Waals surface area contributed by atoms with Gasteiger partial charge in [0.1, 0.15) is 0 Å². The van der Waals surface area contributed by atoms with E-state index in [2.05, 4.69) is 11.4 Å². The summed E-state index contributed by atoms with van der Waals surface area (Å²) in [6.45, 7) is 0.494. The van der Waals surface area contributed by atoms with Crippen molar-refractivity contribution in [2.24, 2.45) is 11.7 Å². The van der Waals surface area contributed by atoms with Gasteiger partial charge >= 0.3 is 0 Å². The molecule has 1 aromatic rings. The summed E-state index contributed by atoms with van der Waals surface area (Å²) in [4.78, 5) is 12.1. The summed E-state index contributed by atoms with van der Waals surface area (Å²) in [6.07, 6.45) is 4.04. The summed E-state index contributed by atoms with van der Waals surface area (Å²) < 4.78 is 0. The highest BCUT2D eigenvalue weighted by Gasteiger charge is 2.27. The van der Waals surface area contributed by atoms with E-state index in [1.807, 2.05) is 12.1 Å². The van der Waals surface area contributed by atoms with Crippen LogP contribution in [-0.4, -0.2) is 11.9 Å². The fraction of sp³-hybridized carbons (Fsp3) is 0.467. The second-order valence-corrected chi connectivity index (χ2v) is 5.08. The summed E-state index contributed by atoms with van der Waals surface area (Å²) in [6, 6.07) is 9.30. The van der Waals surface area contributed by atoms with Crippen molar-refractivity contribution in [2.75, 3.05) is 0 Å². The van der Waals surface area contributed by atoms with Crippen LogP contribution in [0.25, 0.3) is 0 Å². The monoisotopic (exact) mass is 257 g/mol. The number of nitrogens with zero attached hydrogens (tertiary/aromatic N) is 1. The number of rotatable bonds is 3. The van der Waals surface area contributed by atoms with Crippen molar-refractivity contribution in [3.05, 3.63) is 35.4 Å². The van der Waals surface area contributed by atoms with Gasteiger partial charge in [0.2, 0.25) is 5.91 Å². The summed E-state index contributed by atoms with van der Waals surface area (Å²) in [7, 11) is 0. The Morgan fingerprint density at radius 3 is 2.63 bits per heavy atom. The number of carbonyl (C=O) groups excluding carboxylic acids is 1. The van der Waals surface area contributed by atoms with Crippen molar-refractivity contribution in [1.82, 2.24) is 5.32 Å². The third kappa shape index (κ3) is 3.55. The molecule has 0 aliphatic heterocycles.